The van der Waals surface area contributed by atoms with Crippen LogP contribution in [-0.4, -0.2) is 20.2 Å². The summed E-state index contributed by atoms with van der Waals surface area (Å²) < 4.78 is 40.7. The normalized spacial score (nSPS) is 10.9. The van der Waals surface area contributed by atoms with E-state index < -0.39 is 27.7 Å². The lowest BCUT2D eigenvalue weighted by Gasteiger charge is -2.12. The van der Waals surface area contributed by atoms with E-state index in [1.54, 1.807) is 12.1 Å². The zero-order valence-corrected chi connectivity index (χ0v) is 17.6. The standard InChI is InChI=1S/C22H20FN3O4S/c1-14-4-3-5-20(15(14)2)26-31(29,30)19-12-8-17(9-13-19)22(28)25-24-21(27)16-6-10-18(23)11-7-16/h3-13,26H,1-2H3,(H,24,27)(H,25,28). The largest absolute Gasteiger partial charge is 0.279 e. The number of amides is 2. The van der Waals surface area contributed by atoms with Gasteiger partial charge in [0.1, 0.15) is 5.82 Å². The van der Waals surface area contributed by atoms with Crippen molar-refractivity contribution in [1.82, 2.24) is 10.9 Å². The third-order valence-electron chi connectivity index (χ3n) is 4.67. The number of rotatable bonds is 5. The SMILES string of the molecule is Cc1cccc(NS(=O)(=O)c2ccc(C(=O)NNC(=O)c3ccc(F)cc3)cc2)c1C. The van der Waals surface area contributed by atoms with E-state index in [0.717, 1.165) is 23.3 Å². The van der Waals surface area contributed by atoms with Crippen molar-refractivity contribution >= 4 is 27.5 Å². The van der Waals surface area contributed by atoms with Crippen molar-refractivity contribution in [2.45, 2.75) is 18.7 Å². The average Bonchev–Trinajstić information content (AvgIpc) is 2.75. The molecule has 9 heteroatoms. The summed E-state index contributed by atoms with van der Waals surface area (Å²) in [6, 6.07) is 15.4. The van der Waals surface area contributed by atoms with Crippen LogP contribution in [0.5, 0.6) is 0 Å². The monoisotopic (exact) mass is 441 g/mol. The highest BCUT2D eigenvalue weighted by Gasteiger charge is 2.17. The van der Waals surface area contributed by atoms with Gasteiger partial charge in [-0.3, -0.25) is 25.2 Å². The van der Waals surface area contributed by atoms with Crippen LogP contribution in [-0.2, 0) is 10.0 Å². The van der Waals surface area contributed by atoms with E-state index in [9.17, 15) is 22.4 Å². The number of aryl methyl sites for hydroxylation is 1. The number of halogens is 1. The van der Waals surface area contributed by atoms with E-state index in [0.29, 0.717) is 5.69 Å². The van der Waals surface area contributed by atoms with Crippen LogP contribution in [0.3, 0.4) is 0 Å². The highest BCUT2D eigenvalue weighted by molar-refractivity contribution is 7.92. The lowest BCUT2D eigenvalue weighted by atomic mass is 10.1. The molecule has 0 aliphatic heterocycles. The molecule has 0 heterocycles. The van der Waals surface area contributed by atoms with Gasteiger partial charge >= 0.3 is 0 Å². The molecule has 0 aliphatic carbocycles. The fourth-order valence-corrected chi connectivity index (χ4v) is 3.83. The number of anilines is 1. The number of hydrogen-bond acceptors (Lipinski definition) is 4. The highest BCUT2D eigenvalue weighted by Crippen LogP contribution is 2.22. The third kappa shape index (κ3) is 5.26. The number of nitrogens with one attached hydrogen (secondary N) is 3. The van der Waals surface area contributed by atoms with Gasteiger partial charge in [-0.1, -0.05) is 12.1 Å². The minimum atomic E-state index is -3.84. The zero-order valence-electron chi connectivity index (χ0n) is 16.8. The molecule has 0 radical (unpaired) electrons. The van der Waals surface area contributed by atoms with Crippen molar-refractivity contribution in [3.63, 3.8) is 0 Å². The summed E-state index contributed by atoms with van der Waals surface area (Å²) >= 11 is 0. The van der Waals surface area contributed by atoms with E-state index in [1.165, 1.54) is 36.4 Å². The van der Waals surface area contributed by atoms with Gasteiger partial charge in [0.2, 0.25) is 0 Å². The molecule has 0 aromatic heterocycles. The summed E-state index contributed by atoms with van der Waals surface area (Å²) in [6.45, 7) is 3.70. The summed E-state index contributed by atoms with van der Waals surface area (Å²) in [5, 5.41) is 0. The van der Waals surface area contributed by atoms with Crippen LogP contribution < -0.4 is 15.6 Å². The smallest absolute Gasteiger partial charge is 0.269 e. The van der Waals surface area contributed by atoms with Crippen molar-refractivity contribution in [2.24, 2.45) is 0 Å². The molecule has 3 aromatic carbocycles. The van der Waals surface area contributed by atoms with Crippen LogP contribution in [0.2, 0.25) is 0 Å². The molecular weight excluding hydrogens is 421 g/mol. The predicted octanol–water partition coefficient (Wildman–Crippen LogP) is 3.32. The average molecular weight is 441 g/mol. The number of hydrazine groups is 1. The second-order valence-electron chi connectivity index (χ2n) is 6.79. The van der Waals surface area contributed by atoms with E-state index in [2.05, 4.69) is 15.6 Å². The van der Waals surface area contributed by atoms with Crippen LogP contribution >= 0.6 is 0 Å². The van der Waals surface area contributed by atoms with Crippen LogP contribution in [0, 0.1) is 19.7 Å². The van der Waals surface area contributed by atoms with Crippen LogP contribution in [0.15, 0.2) is 71.6 Å². The number of carbonyl (C=O) groups is 2. The van der Waals surface area contributed by atoms with Gasteiger partial charge in [-0.2, -0.15) is 0 Å². The first-order valence-electron chi connectivity index (χ1n) is 9.23. The van der Waals surface area contributed by atoms with Crippen molar-refractivity contribution in [2.75, 3.05) is 4.72 Å². The summed E-state index contributed by atoms with van der Waals surface area (Å²) in [5.41, 5.74) is 7.00. The highest BCUT2D eigenvalue weighted by atomic mass is 32.2. The van der Waals surface area contributed by atoms with E-state index in [-0.39, 0.29) is 16.0 Å². The Labute approximate surface area is 179 Å². The Bertz CT molecular complexity index is 1220. The maximum Gasteiger partial charge on any atom is 0.269 e. The Morgan fingerprint density at radius 2 is 1.29 bits per heavy atom. The van der Waals surface area contributed by atoms with Gasteiger partial charge in [0.25, 0.3) is 21.8 Å². The first kappa shape index (κ1) is 22.0. The van der Waals surface area contributed by atoms with Gasteiger partial charge in [-0.15, -0.1) is 0 Å². The molecule has 0 aliphatic rings. The van der Waals surface area contributed by atoms with Gasteiger partial charge in [0.15, 0.2) is 0 Å². The first-order valence-corrected chi connectivity index (χ1v) is 10.7. The maximum atomic E-state index is 12.9. The Hall–Kier alpha value is -3.72. The van der Waals surface area contributed by atoms with Crippen molar-refractivity contribution in [1.29, 1.82) is 0 Å². The predicted molar refractivity (Wildman–Crippen MR) is 114 cm³/mol. The molecule has 0 unspecified atom stereocenters. The summed E-state index contributed by atoms with van der Waals surface area (Å²) in [7, 11) is -3.84. The molecule has 3 N–H and O–H groups in total. The molecule has 2 amide bonds. The van der Waals surface area contributed by atoms with Crippen LogP contribution in [0.25, 0.3) is 0 Å². The number of sulfonamides is 1. The number of hydrogen-bond donors (Lipinski definition) is 3. The summed E-state index contributed by atoms with van der Waals surface area (Å²) in [4.78, 5) is 24.2. The minimum absolute atomic E-state index is 0.0136. The second kappa shape index (κ2) is 8.97. The molecule has 31 heavy (non-hydrogen) atoms. The molecule has 0 fully saturated rings. The molecular formula is C22H20FN3O4S. The quantitative estimate of drug-likeness (QED) is 0.529. The molecule has 0 spiro atoms. The van der Waals surface area contributed by atoms with Gasteiger partial charge in [-0.05, 0) is 79.6 Å². The first-order chi connectivity index (χ1) is 14.7. The van der Waals surface area contributed by atoms with Gasteiger partial charge in [0.05, 0.1) is 10.6 Å². The Morgan fingerprint density at radius 3 is 1.84 bits per heavy atom. The van der Waals surface area contributed by atoms with E-state index in [1.807, 2.05) is 19.9 Å². The molecule has 7 nitrogen and oxygen atoms in total. The van der Waals surface area contributed by atoms with E-state index >= 15 is 0 Å². The van der Waals surface area contributed by atoms with Crippen molar-refractivity contribution in [3.8, 4) is 0 Å². The van der Waals surface area contributed by atoms with Gasteiger partial charge < -0.3 is 0 Å². The zero-order chi connectivity index (χ0) is 22.6. The molecule has 0 bridgehead atoms. The van der Waals surface area contributed by atoms with E-state index in [4.69, 9.17) is 0 Å². The molecule has 160 valence electrons. The molecule has 0 atom stereocenters. The number of carbonyl (C=O) groups excluding carboxylic acids is 2. The van der Waals surface area contributed by atoms with Gasteiger partial charge in [0, 0.05) is 11.1 Å². The van der Waals surface area contributed by atoms with Gasteiger partial charge in [-0.25, -0.2) is 12.8 Å². The topological polar surface area (TPSA) is 104 Å². The molecule has 0 saturated heterocycles. The maximum absolute atomic E-state index is 12.9. The van der Waals surface area contributed by atoms with Crippen LogP contribution in [0.4, 0.5) is 10.1 Å². The fourth-order valence-electron chi connectivity index (χ4n) is 2.71. The minimum Gasteiger partial charge on any atom is -0.279 e. The summed E-state index contributed by atoms with van der Waals surface area (Å²) in [6.07, 6.45) is 0. The Kier molecular flexibility index (Phi) is 6.36. The molecule has 0 saturated carbocycles. The van der Waals surface area contributed by atoms with Crippen molar-refractivity contribution < 1.29 is 22.4 Å². The fraction of sp³-hybridized carbons (Fsp3) is 0.0909. The lowest BCUT2D eigenvalue weighted by Crippen LogP contribution is -2.41. The molecule has 3 aromatic rings. The van der Waals surface area contributed by atoms with Crippen molar-refractivity contribution in [3.05, 3.63) is 94.8 Å². The number of benzene rings is 3. The lowest BCUT2D eigenvalue weighted by molar-refractivity contribution is 0.0846. The van der Waals surface area contributed by atoms with Crippen LogP contribution in [0.1, 0.15) is 31.8 Å². The second-order valence-corrected chi connectivity index (χ2v) is 8.47. The third-order valence-corrected chi connectivity index (χ3v) is 6.05. The summed E-state index contributed by atoms with van der Waals surface area (Å²) in [5.74, 6) is -1.74. The Balaban J connectivity index is 1.66. The Morgan fingerprint density at radius 1 is 0.774 bits per heavy atom. The molecule has 3 rings (SSSR count).